The fraction of sp³-hybridized carbons (Fsp3) is 0.500. The van der Waals surface area contributed by atoms with Crippen LogP contribution in [0.3, 0.4) is 0 Å². The highest BCUT2D eigenvalue weighted by Crippen LogP contribution is 2.38. The van der Waals surface area contributed by atoms with Gasteiger partial charge in [0, 0.05) is 12.2 Å². The summed E-state index contributed by atoms with van der Waals surface area (Å²) in [7, 11) is 0. The topological polar surface area (TPSA) is 67.9 Å². The van der Waals surface area contributed by atoms with Crippen LogP contribution in [-0.2, 0) is 14.3 Å². The van der Waals surface area contributed by atoms with Crippen LogP contribution in [-0.4, -0.2) is 41.8 Å². The monoisotopic (exact) mass is 412 g/mol. The number of nitrogens with one attached hydrogen (secondary N) is 1. The predicted molar refractivity (Wildman–Crippen MR) is 117 cm³/mol. The van der Waals surface area contributed by atoms with Gasteiger partial charge in [0.1, 0.15) is 11.6 Å². The third-order valence-corrected chi connectivity index (χ3v) is 4.97. The maximum Gasteiger partial charge on any atom is 0.408 e. The van der Waals surface area contributed by atoms with E-state index in [0.29, 0.717) is 13.2 Å². The van der Waals surface area contributed by atoms with Crippen LogP contribution >= 0.6 is 0 Å². The second-order valence-corrected chi connectivity index (χ2v) is 8.88. The lowest BCUT2D eigenvalue weighted by atomic mass is 9.90. The second kappa shape index (κ2) is 9.04. The molecule has 162 valence electrons. The van der Waals surface area contributed by atoms with Gasteiger partial charge in [-0.15, -0.1) is 0 Å². The fourth-order valence-electron chi connectivity index (χ4n) is 3.78. The minimum Gasteiger partial charge on any atom is -0.444 e. The van der Waals surface area contributed by atoms with Gasteiger partial charge in [-0.1, -0.05) is 30.3 Å². The van der Waals surface area contributed by atoms with Gasteiger partial charge in [-0.3, -0.25) is 4.79 Å². The number of ether oxygens (including phenoxy) is 2. The third kappa shape index (κ3) is 5.11. The Morgan fingerprint density at radius 1 is 1.27 bits per heavy atom. The molecule has 0 bridgehead atoms. The Bertz CT molecular complexity index is 864. The molecule has 6 nitrogen and oxygen atoms in total. The molecule has 1 aliphatic carbocycles. The number of hydrogen-bond acceptors (Lipinski definition) is 4. The maximum atomic E-state index is 13.7. The van der Waals surface area contributed by atoms with Crippen LogP contribution in [0.5, 0.6) is 0 Å². The Morgan fingerprint density at radius 3 is 2.70 bits per heavy atom. The standard InChI is InChI=1S/C24H32N2O4/c1-16(2)29-15-14-26-20-13-9-8-11-18(20)17-10-6-7-12-19(17)21(22(26)27)25-23(28)30-24(3,4)5/h6-7,9-10,12-13,16,21H,8,11,14-15H2,1-5H3,(H,25,28)/t21-/m0/s1. The van der Waals surface area contributed by atoms with Crippen LogP contribution in [0.25, 0.3) is 5.57 Å². The molecule has 3 rings (SSSR count). The summed E-state index contributed by atoms with van der Waals surface area (Å²) >= 11 is 0. The van der Waals surface area contributed by atoms with Crippen LogP contribution in [0, 0.1) is 0 Å². The average Bonchev–Trinajstić information content (AvgIpc) is 2.76. The summed E-state index contributed by atoms with van der Waals surface area (Å²) in [6.07, 6.45) is 5.34. The number of carbonyl (C=O) groups excluding carboxylic acids is 2. The number of rotatable bonds is 5. The van der Waals surface area contributed by atoms with Crippen molar-refractivity contribution in [1.82, 2.24) is 10.2 Å². The van der Waals surface area contributed by atoms with Gasteiger partial charge in [0.15, 0.2) is 0 Å². The number of carbonyl (C=O) groups is 2. The Labute approximate surface area is 178 Å². The summed E-state index contributed by atoms with van der Waals surface area (Å²) in [6.45, 7) is 10.2. The first-order chi connectivity index (χ1) is 14.2. The minimum absolute atomic E-state index is 0.0790. The second-order valence-electron chi connectivity index (χ2n) is 8.88. The van der Waals surface area contributed by atoms with Crippen molar-refractivity contribution in [3.8, 4) is 0 Å². The van der Waals surface area contributed by atoms with E-state index < -0.39 is 17.7 Å². The van der Waals surface area contributed by atoms with E-state index in [9.17, 15) is 9.59 Å². The Kier molecular flexibility index (Phi) is 6.66. The SMILES string of the molecule is CC(C)OCCN1C(=O)[C@@H](NC(=O)OC(C)(C)C)c2ccccc2C2=C1C=CCC2. The van der Waals surface area contributed by atoms with Crippen LogP contribution < -0.4 is 5.32 Å². The number of benzene rings is 1. The molecule has 1 heterocycles. The zero-order valence-corrected chi connectivity index (χ0v) is 18.5. The van der Waals surface area contributed by atoms with E-state index in [1.807, 2.05) is 44.2 Å². The number of allylic oxidation sites excluding steroid dienone is 3. The molecule has 0 radical (unpaired) electrons. The Hall–Kier alpha value is -2.60. The highest BCUT2D eigenvalue weighted by molar-refractivity contribution is 5.94. The molecule has 1 N–H and O–H groups in total. The number of alkyl carbamates (subject to hydrolysis) is 1. The summed E-state index contributed by atoms with van der Waals surface area (Å²) in [5, 5.41) is 2.82. The van der Waals surface area contributed by atoms with Gasteiger partial charge in [-0.25, -0.2) is 4.79 Å². The highest BCUT2D eigenvalue weighted by atomic mass is 16.6. The predicted octanol–water partition coefficient (Wildman–Crippen LogP) is 4.58. The molecule has 30 heavy (non-hydrogen) atoms. The molecule has 6 heteroatoms. The average molecular weight is 413 g/mol. The van der Waals surface area contributed by atoms with Crippen LogP contribution in [0.1, 0.15) is 64.6 Å². The van der Waals surface area contributed by atoms with Crippen molar-refractivity contribution in [3.63, 3.8) is 0 Å². The van der Waals surface area contributed by atoms with Gasteiger partial charge in [-0.05, 0) is 70.2 Å². The summed E-state index contributed by atoms with van der Waals surface area (Å²) < 4.78 is 11.2. The zero-order valence-electron chi connectivity index (χ0n) is 18.5. The molecular weight excluding hydrogens is 380 g/mol. The summed E-state index contributed by atoms with van der Waals surface area (Å²) in [6, 6.07) is 6.97. The van der Waals surface area contributed by atoms with Crippen LogP contribution in [0.15, 0.2) is 42.1 Å². The van der Waals surface area contributed by atoms with E-state index in [1.54, 1.807) is 25.7 Å². The molecule has 0 aromatic heterocycles. The van der Waals surface area contributed by atoms with E-state index >= 15 is 0 Å². The van der Waals surface area contributed by atoms with Crippen molar-refractivity contribution in [2.75, 3.05) is 13.2 Å². The molecule has 0 saturated carbocycles. The largest absolute Gasteiger partial charge is 0.444 e. The van der Waals surface area contributed by atoms with Crippen LogP contribution in [0.2, 0.25) is 0 Å². The number of hydrogen-bond donors (Lipinski definition) is 1. The van der Waals surface area contributed by atoms with Crippen molar-refractivity contribution < 1.29 is 19.1 Å². The molecule has 2 amide bonds. The Morgan fingerprint density at radius 2 is 2.00 bits per heavy atom. The number of amides is 2. The van der Waals surface area contributed by atoms with Crippen molar-refractivity contribution in [2.24, 2.45) is 0 Å². The molecule has 2 aliphatic rings. The van der Waals surface area contributed by atoms with Crippen molar-refractivity contribution in [1.29, 1.82) is 0 Å². The van der Waals surface area contributed by atoms with Crippen molar-refractivity contribution in [3.05, 3.63) is 53.2 Å². The summed E-state index contributed by atoms with van der Waals surface area (Å²) in [5.41, 5.74) is 3.16. The minimum atomic E-state index is -0.825. The lowest BCUT2D eigenvalue weighted by molar-refractivity contribution is -0.132. The first-order valence-electron chi connectivity index (χ1n) is 10.6. The van der Waals surface area contributed by atoms with Gasteiger partial charge >= 0.3 is 6.09 Å². The van der Waals surface area contributed by atoms with Gasteiger partial charge < -0.3 is 19.7 Å². The molecule has 0 spiro atoms. The molecule has 0 saturated heterocycles. The highest BCUT2D eigenvalue weighted by Gasteiger charge is 2.36. The van der Waals surface area contributed by atoms with E-state index in [1.165, 1.54) is 0 Å². The first-order valence-corrected chi connectivity index (χ1v) is 10.6. The van der Waals surface area contributed by atoms with E-state index in [0.717, 1.165) is 35.2 Å². The third-order valence-electron chi connectivity index (χ3n) is 4.97. The molecule has 1 atom stereocenters. The van der Waals surface area contributed by atoms with E-state index in [2.05, 4.69) is 11.4 Å². The van der Waals surface area contributed by atoms with E-state index in [-0.39, 0.29) is 12.0 Å². The zero-order chi connectivity index (χ0) is 21.9. The number of fused-ring (bicyclic) bond motifs is 2. The molecular formula is C24H32N2O4. The van der Waals surface area contributed by atoms with Gasteiger partial charge in [0.05, 0.1) is 12.7 Å². The molecule has 1 aliphatic heterocycles. The van der Waals surface area contributed by atoms with Gasteiger partial charge in [0.25, 0.3) is 5.91 Å². The lowest BCUT2D eigenvalue weighted by Crippen LogP contribution is -2.44. The molecule has 1 aromatic rings. The van der Waals surface area contributed by atoms with Crippen molar-refractivity contribution >= 4 is 17.6 Å². The van der Waals surface area contributed by atoms with Crippen molar-refractivity contribution in [2.45, 2.75) is 65.2 Å². The molecule has 0 unspecified atom stereocenters. The molecule has 0 fully saturated rings. The fourth-order valence-corrected chi connectivity index (χ4v) is 3.78. The van der Waals surface area contributed by atoms with E-state index in [4.69, 9.17) is 9.47 Å². The summed E-state index contributed by atoms with van der Waals surface area (Å²) in [4.78, 5) is 28.0. The smallest absolute Gasteiger partial charge is 0.408 e. The lowest BCUT2D eigenvalue weighted by Gasteiger charge is -2.29. The van der Waals surface area contributed by atoms with Gasteiger partial charge in [0.2, 0.25) is 0 Å². The Balaban J connectivity index is 2.00. The quantitative estimate of drug-likeness (QED) is 0.769. The van der Waals surface area contributed by atoms with Crippen LogP contribution in [0.4, 0.5) is 4.79 Å². The van der Waals surface area contributed by atoms with Gasteiger partial charge in [-0.2, -0.15) is 0 Å². The number of nitrogens with zero attached hydrogens (tertiary/aromatic N) is 1. The normalized spacial score (nSPS) is 18.8. The summed E-state index contributed by atoms with van der Waals surface area (Å²) in [5.74, 6) is -0.183. The first kappa shape index (κ1) is 22.1. The maximum absolute atomic E-state index is 13.7. The molecule has 1 aromatic carbocycles.